The number of hydrogen-bond acceptors (Lipinski definition) is 3. The number of hydrogen-bond donors (Lipinski definition) is 0. The van der Waals surface area contributed by atoms with Crippen LogP contribution in [0.1, 0.15) is 37.0 Å². The fraction of sp³-hybridized carbons (Fsp3) is 0.368. The first-order valence-corrected chi connectivity index (χ1v) is 8.17. The minimum Gasteiger partial charge on any atom is -0.490 e. The summed E-state index contributed by atoms with van der Waals surface area (Å²) in [5, 5.41) is 0. The van der Waals surface area contributed by atoms with Crippen LogP contribution in [0.3, 0.4) is 0 Å². The van der Waals surface area contributed by atoms with Crippen LogP contribution in [0.5, 0.6) is 5.75 Å². The number of nitrogens with zero attached hydrogens (tertiary/aromatic N) is 2. The molecule has 1 fully saturated rings. The Bertz CT molecular complexity index is 691. The van der Waals surface area contributed by atoms with Crippen molar-refractivity contribution in [1.29, 1.82) is 0 Å². The van der Waals surface area contributed by atoms with Crippen LogP contribution in [0.2, 0.25) is 0 Å². The molecule has 1 saturated heterocycles. The number of pyridine rings is 1. The van der Waals surface area contributed by atoms with Crippen LogP contribution >= 0.6 is 0 Å². The third-order valence-electron chi connectivity index (χ3n) is 3.94. The van der Waals surface area contributed by atoms with Crippen molar-refractivity contribution < 1.29 is 9.53 Å². The fourth-order valence-corrected chi connectivity index (χ4v) is 2.90. The van der Waals surface area contributed by atoms with Crippen molar-refractivity contribution in [2.75, 3.05) is 13.1 Å². The maximum absolute atomic E-state index is 12.8. The number of ether oxygens (including phenoxy) is 1. The normalized spacial score (nSPS) is 14.3. The Hall–Kier alpha value is -2.36. The lowest BCUT2D eigenvalue weighted by Gasteiger charge is -2.19. The van der Waals surface area contributed by atoms with Crippen molar-refractivity contribution in [3.63, 3.8) is 0 Å². The Morgan fingerprint density at radius 2 is 1.87 bits per heavy atom. The van der Waals surface area contributed by atoms with E-state index in [1.165, 1.54) is 0 Å². The summed E-state index contributed by atoms with van der Waals surface area (Å²) in [6, 6.07) is 11.4. The third kappa shape index (κ3) is 3.36. The summed E-state index contributed by atoms with van der Waals surface area (Å²) in [5.41, 5.74) is 2.21. The summed E-state index contributed by atoms with van der Waals surface area (Å²) in [6.07, 6.45) is 3.95. The monoisotopic (exact) mass is 310 g/mol. The smallest absolute Gasteiger partial charge is 0.256 e. The van der Waals surface area contributed by atoms with Gasteiger partial charge >= 0.3 is 0 Å². The fourth-order valence-electron chi connectivity index (χ4n) is 2.90. The Morgan fingerprint density at radius 3 is 2.61 bits per heavy atom. The van der Waals surface area contributed by atoms with Gasteiger partial charge in [0.15, 0.2) is 0 Å². The summed E-state index contributed by atoms with van der Waals surface area (Å²) in [4.78, 5) is 19.2. The van der Waals surface area contributed by atoms with Gasteiger partial charge in [-0.1, -0.05) is 12.1 Å². The predicted octanol–water partition coefficient (Wildman–Crippen LogP) is 3.77. The van der Waals surface area contributed by atoms with E-state index in [9.17, 15) is 4.79 Å². The van der Waals surface area contributed by atoms with E-state index >= 15 is 0 Å². The zero-order valence-electron chi connectivity index (χ0n) is 13.7. The van der Waals surface area contributed by atoms with Crippen molar-refractivity contribution in [3.8, 4) is 17.0 Å². The molecule has 1 aliphatic rings. The van der Waals surface area contributed by atoms with Gasteiger partial charge in [-0.2, -0.15) is 0 Å². The first kappa shape index (κ1) is 15.5. The zero-order valence-corrected chi connectivity index (χ0v) is 13.7. The number of amides is 1. The summed E-state index contributed by atoms with van der Waals surface area (Å²) in [7, 11) is 0. The van der Waals surface area contributed by atoms with Gasteiger partial charge in [-0.05, 0) is 51.0 Å². The highest BCUT2D eigenvalue weighted by molar-refractivity contribution is 6.00. The maximum Gasteiger partial charge on any atom is 0.256 e. The molecule has 120 valence electrons. The Balaban J connectivity index is 2.02. The van der Waals surface area contributed by atoms with Gasteiger partial charge in [-0.25, -0.2) is 0 Å². The van der Waals surface area contributed by atoms with Gasteiger partial charge in [0.05, 0.1) is 17.4 Å². The predicted molar refractivity (Wildman–Crippen MR) is 90.6 cm³/mol. The summed E-state index contributed by atoms with van der Waals surface area (Å²) in [6.45, 7) is 5.64. The van der Waals surface area contributed by atoms with Crippen LogP contribution in [-0.2, 0) is 0 Å². The van der Waals surface area contributed by atoms with Crippen molar-refractivity contribution in [3.05, 3.63) is 48.2 Å². The van der Waals surface area contributed by atoms with Crippen molar-refractivity contribution in [1.82, 2.24) is 9.88 Å². The van der Waals surface area contributed by atoms with Crippen LogP contribution in [0.15, 0.2) is 42.6 Å². The number of benzene rings is 1. The minimum absolute atomic E-state index is 0.0601. The minimum atomic E-state index is 0.0601. The molecule has 0 unspecified atom stereocenters. The van der Waals surface area contributed by atoms with Crippen LogP contribution < -0.4 is 4.74 Å². The van der Waals surface area contributed by atoms with Crippen LogP contribution in [0.4, 0.5) is 0 Å². The molecule has 0 saturated carbocycles. The van der Waals surface area contributed by atoms with E-state index in [-0.39, 0.29) is 12.0 Å². The number of carbonyl (C=O) groups excluding carboxylic acids is 1. The average molecular weight is 310 g/mol. The van der Waals surface area contributed by atoms with Gasteiger partial charge in [0.1, 0.15) is 5.75 Å². The molecule has 3 rings (SSSR count). The second-order valence-corrected chi connectivity index (χ2v) is 6.06. The second-order valence-electron chi connectivity index (χ2n) is 6.06. The molecular formula is C19H22N2O2. The number of carbonyl (C=O) groups is 1. The molecule has 4 nitrogen and oxygen atoms in total. The lowest BCUT2D eigenvalue weighted by atomic mass is 10.0. The van der Waals surface area contributed by atoms with E-state index in [1.807, 2.05) is 55.1 Å². The lowest BCUT2D eigenvalue weighted by Crippen LogP contribution is -2.28. The van der Waals surface area contributed by atoms with Gasteiger partial charge in [0, 0.05) is 24.8 Å². The average Bonchev–Trinajstić information content (AvgIpc) is 3.09. The molecule has 0 N–H and O–H groups in total. The molecule has 1 aromatic carbocycles. The molecule has 1 amide bonds. The standard InChI is InChI=1S/C19H22N2O2/c1-14(2)23-17-10-4-3-8-15(17)18-16(9-7-11-20-18)19(22)21-12-5-6-13-21/h3-4,7-11,14H,5-6,12-13H2,1-2H3. The molecule has 0 radical (unpaired) electrons. The molecule has 0 bridgehead atoms. The highest BCUT2D eigenvalue weighted by Crippen LogP contribution is 2.32. The van der Waals surface area contributed by atoms with Crippen molar-refractivity contribution in [2.45, 2.75) is 32.8 Å². The zero-order chi connectivity index (χ0) is 16.2. The molecule has 2 aromatic rings. The van der Waals surface area contributed by atoms with Crippen LogP contribution in [-0.4, -0.2) is 35.0 Å². The maximum atomic E-state index is 12.8. The van der Waals surface area contributed by atoms with Gasteiger partial charge < -0.3 is 9.64 Å². The Morgan fingerprint density at radius 1 is 1.13 bits per heavy atom. The van der Waals surface area contributed by atoms with E-state index in [0.29, 0.717) is 11.3 Å². The first-order chi connectivity index (χ1) is 11.2. The number of aromatic nitrogens is 1. The molecule has 2 heterocycles. The number of likely N-dealkylation sites (tertiary alicyclic amines) is 1. The second kappa shape index (κ2) is 6.82. The van der Waals surface area contributed by atoms with Crippen molar-refractivity contribution >= 4 is 5.91 Å². The summed E-state index contributed by atoms with van der Waals surface area (Å²) < 4.78 is 5.90. The van der Waals surface area contributed by atoms with E-state index < -0.39 is 0 Å². The van der Waals surface area contributed by atoms with Gasteiger partial charge in [-0.3, -0.25) is 9.78 Å². The van der Waals surface area contributed by atoms with E-state index in [4.69, 9.17) is 4.74 Å². The quantitative estimate of drug-likeness (QED) is 0.863. The van der Waals surface area contributed by atoms with Crippen LogP contribution in [0, 0.1) is 0 Å². The Labute approximate surface area is 137 Å². The molecule has 1 aliphatic heterocycles. The molecule has 1 aromatic heterocycles. The SMILES string of the molecule is CC(C)Oc1ccccc1-c1ncccc1C(=O)N1CCCC1. The highest BCUT2D eigenvalue weighted by Gasteiger charge is 2.24. The van der Waals surface area contributed by atoms with Gasteiger partial charge in [0.2, 0.25) is 0 Å². The Kier molecular flexibility index (Phi) is 4.60. The molecule has 0 atom stereocenters. The summed E-state index contributed by atoms with van der Waals surface area (Å²) >= 11 is 0. The molecular weight excluding hydrogens is 288 g/mol. The number of rotatable bonds is 4. The topological polar surface area (TPSA) is 42.4 Å². The largest absolute Gasteiger partial charge is 0.490 e. The lowest BCUT2D eigenvalue weighted by molar-refractivity contribution is 0.0793. The molecule has 0 spiro atoms. The van der Waals surface area contributed by atoms with E-state index in [0.717, 1.165) is 37.2 Å². The first-order valence-electron chi connectivity index (χ1n) is 8.17. The van der Waals surface area contributed by atoms with E-state index in [1.54, 1.807) is 6.20 Å². The van der Waals surface area contributed by atoms with Crippen molar-refractivity contribution in [2.24, 2.45) is 0 Å². The molecule has 4 heteroatoms. The number of para-hydroxylation sites is 1. The van der Waals surface area contributed by atoms with Gasteiger partial charge in [-0.15, -0.1) is 0 Å². The summed E-state index contributed by atoms with van der Waals surface area (Å²) in [5.74, 6) is 0.821. The highest BCUT2D eigenvalue weighted by atomic mass is 16.5. The molecule has 23 heavy (non-hydrogen) atoms. The van der Waals surface area contributed by atoms with E-state index in [2.05, 4.69) is 4.98 Å². The van der Waals surface area contributed by atoms with Gasteiger partial charge in [0.25, 0.3) is 5.91 Å². The third-order valence-corrected chi connectivity index (χ3v) is 3.94. The molecule has 0 aliphatic carbocycles. The van der Waals surface area contributed by atoms with Crippen LogP contribution in [0.25, 0.3) is 11.3 Å².